The molecule has 1 aliphatic heterocycles. The molecule has 0 amide bonds. The molecule has 0 spiro atoms. The maximum absolute atomic E-state index is 14.5. The Bertz CT molecular complexity index is 941. The van der Waals surface area contributed by atoms with Crippen LogP contribution < -0.4 is 5.32 Å². The number of halogens is 6. The van der Waals surface area contributed by atoms with Gasteiger partial charge < -0.3 is 5.32 Å². The van der Waals surface area contributed by atoms with Gasteiger partial charge in [-0.15, -0.1) is 0 Å². The van der Waals surface area contributed by atoms with Crippen molar-refractivity contribution in [2.75, 3.05) is 6.54 Å². The Morgan fingerprint density at radius 2 is 1.83 bits per heavy atom. The molecule has 7 heteroatoms. The molecule has 3 unspecified atom stereocenters. The molecule has 29 heavy (non-hydrogen) atoms. The standard InChI is InChI=1S/C22H21Cl2F4N/c1-20(25,22(26,27)28)15-4-5-16-14(11-15)3-7-19-21(16,8-9-29-19)12-13-2-6-17(23)18(24)10-13/h2,4-6,10-11,19,29H,3,7-9,12H2,1H3. The number of aryl methyl sites for hydroxylation is 1. The minimum atomic E-state index is -4.95. The van der Waals surface area contributed by atoms with Gasteiger partial charge in [-0.25, -0.2) is 4.39 Å². The first kappa shape index (κ1) is 21.0. The summed E-state index contributed by atoms with van der Waals surface area (Å²) in [5, 5.41) is 4.51. The first-order valence-electron chi connectivity index (χ1n) is 9.61. The van der Waals surface area contributed by atoms with E-state index in [1.807, 2.05) is 12.1 Å². The molecule has 4 rings (SSSR count). The van der Waals surface area contributed by atoms with E-state index in [4.69, 9.17) is 23.2 Å². The largest absolute Gasteiger partial charge is 0.426 e. The average molecular weight is 446 g/mol. The van der Waals surface area contributed by atoms with Gasteiger partial charge in [-0.2, -0.15) is 13.2 Å². The zero-order valence-electron chi connectivity index (χ0n) is 15.8. The second-order valence-electron chi connectivity index (χ2n) is 8.25. The number of alkyl halides is 4. The number of hydrogen-bond acceptors (Lipinski definition) is 1. The summed E-state index contributed by atoms with van der Waals surface area (Å²) < 4.78 is 54.1. The number of hydrogen-bond donors (Lipinski definition) is 1. The van der Waals surface area contributed by atoms with Crippen molar-refractivity contribution in [3.63, 3.8) is 0 Å². The van der Waals surface area contributed by atoms with Crippen LogP contribution in [0.4, 0.5) is 17.6 Å². The van der Waals surface area contributed by atoms with Gasteiger partial charge in [0.25, 0.3) is 0 Å². The number of nitrogens with one attached hydrogen (secondary N) is 1. The summed E-state index contributed by atoms with van der Waals surface area (Å²) >= 11 is 12.2. The van der Waals surface area contributed by atoms with Crippen LogP contribution in [-0.2, 0) is 23.9 Å². The normalized spacial score (nSPS) is 26.0. The zero-order valence-corrected chi connectivity index (χ0v) is 17.4. The Morgan fingerprint density at radius 1 is 1.07 bits per heavy atom. The van der Waals surface area contributed by atoms with E-state index in [1.54, 1.807) is 12.1 Å². The van der Waals surface area contributed by atoms with Crippen LogP contribution in [0.2, 0.25) is 10.0 Å². The van der Waals surface area contributed by atoms with Crippen molar-refractivity contribution in [1.82, 2.24) is 5.32 Å². The van der Waals surface area contributed by atoms with Crippen molar-refractivity contribution in [3.8, 4) is 0 Å². The van der Waals surface area contributed by atoms with Crippen LogP contribution >= 0.6 is 23.2 Å². The zero-order chi connectivity index (χ0) is 21.0. The van der Waals surface area contributed by atoms with Gasteiger partial charge >= 0.3 is 6.18 Å². The Kier molecular flexibility index (Phi) is 5.16. The molecule has 1 heterocycles. The van der Waals surface area contributed by atoms with Crippen LogP contribution in [0.1, 0.15) is 42.0 Å². The third kappa shape index (κ3) is 3.45. The lowest BCUT2D eigenvalue weighted by atomic mass is 9.63. The quantitative estimate of drug-likeness (QED) is 0.529. The Morgan fingerprint density at radius 3 is 2.52 bits per heavy atom. The molecule has 1 saturated heterocycles. The molecule has 0 aromatic heterocycles. The molecule has 2 aromatic carbocycles. The molecule has 156 valence electrons. The summed E-state index contributed by atoms with van der Waals surface area (Å²) in [7, 11) is 0. The van der Waals surface area contributed by atoms with E-state index in [0.717, 1.165) is 36.1 Å². The van der Waals surface area contributed by atoms with Gasteiger partial charge in [0.05, 0.1) is 10.0 Å². The Hall–Kier alpha value is -1.30. The second-order valence-corrected chi connectivity index (χ2v) is 9.06. The van der Waals surface area contributed by atoms with Gasteiger partial charge in [-0.1, -0.05) is 47.5 Å². The highest BCUT2D eigenvalue weighted by Gasteiger charge is 2.54. The molecule has 2 aromatic rings. The molecule has 3 atom stereocenters. The molecule has 2 aliphatic rings. The van der Waals surface area contributed by atoms with Gasteiger partial charge in [-0.05, 0) is 73.5 Å². The van der Waals surface area contributed by atoms with E-state index >= 15 is 0 Å². The molecule has 1 fully saturated rings. The maximum atomic E-state index is 14.5. The summed E-state index contributed by atoms with van der Waals surface area (Å²) in [4.78, 5) is 0. The van der Waals surface area contributed by atoms with Gasteiger partial charge in [0.15, 0.2) is 0 Å². The number of rotatable bonds is 3. The van der Waals surface area contributed by atoms with Crippen LogP contribution in [0.25, 0.3) is 0 Å². The van der Waals surface area contributed by atoms with Crippen molar-refractivity contribution in [3.05, 3.63) is 68.7 Å². The van der Waals surface area contributed by atoms with E-state index < -0.39 is 11.8 Å². The van der Waals surface area contributed by atoms with Gasteiger partial charge in [0, 0.05) is 11.5 Å². The lowest BCUT2D eigenvalue weighted by molar-refractivity contribution is -0.228. The summed E-state index contributed by atoms with van der Waals surface area (Å²) in [5.41, 5.74) is -1.13. The summed E-state index contributed by atoms with van der Waals surface area (Å²) in [6, 6.07) is 10.2. The second kappa shape index (κ2) is 7.14. The molecule has 0 radical (unpaired) electrons. The predicted octanol–water partition coefficient (Wildman–Crippen LogP) is 6.53. The van der Waals surface area contributed by atoms with Crippen molar-refractivity contribution >= 4 is 23.2 Å². The highest BCUT2D eigenvalue weighted by Crippen LogP contribution is 2.48. The van der Waals surface area contributed by atoms with Gasteiger partial charge in [0.2, 0.25) is 5.67 Å². The van der Waals surface area contributed by atoms with E-state index in [1.165, 1.54) is 12.1 Å². The van der Waals surface area contributed by atoms with Crippen molar-refractivity contribution in [1.29, 1.82) is 0 Å². The third-order valence-corrected chi connectivity index (χ3v) is 7.29. The highest BCUT2D eigenvalue weighted by molar-refractivity contribution is 6.42. The SMILES string of the molecule is CC(F)(c1ccc2c(c1)CCC1NCCC21Cc1ccc(Cl)c(Cl)c1)C(F)(F)F. The van der Waals surface area contributed by atoms with Crippen LogP contribution in [0.3, 0.4) is 0 Å². The average Bonchev–Trinajstić information content (AvgIpc) is 3.07. The first-order valence-corrected chi connectivity index (χ1v) is 10.4. The van der Waals surface area contributed by atoms with Gasteiger partial charge in [0.1, 0.15) is 0 Å². The van der Waals surface area contributed by atoms with E-state index in [9.17, 15) is 17.6 Å². The molecular formula is C22H21Cl2F4N. The molecule has 0 bridgehead atoms. The molecule has 1 nitrogen and oxygen atoms in total. The summed E-state index contributed by atoms with van der Waals surface area (Å²) in [6.07, 6.45) is -1.98. The fourth-order valence-electron chi connectivity index (χ4n) is 4.90. The maximum Gasteiger partial charge on any atom is 0.426 e. The monoisotopic (exact) mass is 445 g/mol. The van der Waals surface area contributed by atoms with E-state index in [2.05, 4.69) is 5.32 Å². The first-order chi connectivity index (χ1) is 13.5. The van der Waals surface area contributed by atoms with Crippen molar-refractivity contribution < 1.29 is 17.6 Å². The summed E-state index contributed by atoms with van der Waals surface area (Å²) in [5.74, 6) is 0. The number of benzene rings is 2. The molecule has 1 aliphatic carbocycles. The van der Waals surface area contributed by atoms with E-state index in [-0.39, 0.29) is 17.0 Å². The Balaban J connectivity index is 1.77. The lowest BCUT2D eigenvalue weighted by Crippen LogP contribution is -2.46. The minimum absolute atomic E-state index is 0.217. The number of fused-ring (bicyclic) bond motifs is 3. The van der Waals surface area contributed by atoms with E-state index in [0.29, 0.717) is 29.8 Å². The van der Waals surface area contributed by atoms with Crippen LogP contribution in [0.5, 0.6) is 0 Å². The van der Waals surface area contributed by atoms with Crippen LogP contribution in [0.15, 0.2) is 36.4 Å². The fraction of sp³-hybridized carbons (Fsp3) is 0.455. The molecule has 0 saturated carbocycles. The Labute approximate surface area is 177 Å². The van der Waals surface area contributed by atoms with Crippen LogP contribution in [-0.4, -0.2) is 18.8 Å². The van der Waals surface area contributed by atoms with Crippen molar-refractivity contribution in [2.45, 2.75) is 55.9 Å². The summed E-state index contributed by atoms with van der Waals surface area (Å²) in [6.45, 7) is 1.42. The predicted molar refractivity (Wildman–Crippen MR) is 108 cm³/mol. The van der Waals surface area contributed by atoms with Crippen LogP contribution in [0, 0.1) is 0 Å². The third-order valence-electron chi connectivity index (χ3n) is 6.55. The fourth-order valence-corrected chi connectivity index (χ4v) is 5.22. The molecule has 1 N–H and O–H groups in total. The highest BCUT2D eigenvalue weighted by atomic mass is 35.5. The lowest BCUT2D eigenvalue weighted by Gasteiger charge is -2.42. The smallest absolute Gasteiger partial charge is 0.313 e. The topological polar surface area (TPSA) is 12.0 Å². The van der Waals surface area contributed by atoms with Crippen molar-refractivity contribution in [2.24, 2.45) is 0 Å². The minimum Gasteiger partial charge on any atom is -0.313 e. The van der Waals surface area contributed by atoms with Gasteiger partial charge in [-0.3, -0.25) is 0 Å². The molecular weight excluding hydrogens is 425 g/mol.